The van der Waals surface area contributed by atoms with E-state index < -0.39 is 23.7 Å². The Labute approximate surface area is 204 Å². The van der Waals surface area contributed by atoms with Gasteiger partial charge < -0.3 is 25.2 Å². The predicted molar refractivity (Wildman–Crippen MR) is 130 cm³/mol. The van der Waals surface area contributed by atoms with Gasteiger partial charge in [-0.05, 0) is 28.7 Å². The van der Waals surface area contributed by atoms with E-state index in [9.17, 15) is 24.6 Å². The fourth-order valence-electron chi connectivity index (χ4n) is 4.98. The molecule has 0 saturated carbocycles. The van der Waals surface area contributed by atoms with Gasteiger partial charge in [0.1, 0.15) is 12.6 Å². The van der Waals surface area contributed by atoms with Crippen molar-refractivity contribution in [3.05, 3.63) is 59.7 Å². The first kappa shape index (κ1) is 24.7. The van der Waals surface area contributed by atoms with E-state index in [0.717, 1.165) is 35.1 Å². The number of hydrogen-bond acceptors (Lipinski definition) is 5. The summed E-state index contributed by atoms with van der Waals surface area (Å²) in [4.78, 5) is 38.7. The van der Waals surface area contributed by atoms with E-state index in [0.29, 0.717) is 6.42 Å². The monoisotopic (exact) mass is 480 g/mol. The van der Waals surface area contributed by atoms with Gasteiger partial charge in [-0.1, -0.05) is 68.3 Å². The minimum atomic E-state index is -1.81. The van der Waals surface area contributed by atoms with Crippen LogP contribution in [0.1, 0.15) is 56.1 Å². The zero-order valence-electron chi connectivity index (χ0n) is 19.9. The number of rotatable bonds is 8. The highest BCUT2D eigenvalue weighted by molar-refractivity contribution is 5.86. The highest BCUT2D eigenvalue weighted by Crippen LogP contribution is 2.44. The van der Waals surface area contributed by atoms with Crippen molar-refractivity contribution in [2.45, 2.75) is 56.6 Å². The standard InChI is InChI=1S/C27H32N2O6/c1-2-3-12-23(24(30)29-15-13-27(34,14-16-29)25(31)32)28-26(33)35-17-22-20-10-6-4-8-18(20)19-9-5-7-11-21(19)22/h4-11,22-23,34H,2-3,12-17H2,1H3,(H,28,33)(H,31,32). The molecule has 1 aliphatic carbocycles. The number of benzene rings is 2. The Balaban J connectivity index is 1.39. The van der Waals surface area contributed by atoms with Crippen LogP contribution < -0.4 is 5.32 Å². The van der Waals surface area contributed by atoms with Crippen LogP contribution >= 0.6 is 0 Å². The lowest BCUT2D eigenvalue weighted by Gasteiger charge is -2.37. The number of amides is 2. The largest absolute Gasteiger partial charge is 0.479 e. The molecule has 1 fully saturated rings. The molecule has 8 heteroatoms. The highest BCUT2D eigenvalue weighted by atomic mass is 16.5. The maximum absolute atomic E-state index is 13.1. The average Bonchev–Trinajstić information content (AvgIpc) is 3.19. The molecule has 35 heavy (non-hydrogen) atoms. The second kappa shape index (κ2) is 10.5. The molecule has 8 nitrogen and oxygen atoms in total. The number of nitrogens with zero attached hydrogens (tertiary/aromatic N) is 1. The van der Waals surface area contributed by atoms with Gasteiger partial charge in [-0.2, -0.15) is 0 Å². The van der Waals surface area contributed by atoms with Crippen LogP contribution in [0.5, 0.6) is 0 Å². The number of aliphatic hydroxyl groups is 1. The summed E-state index contributed by atoms with van der Waals surface area (Å²) < 4.78 is 5.61. The number of aliphatic carboxylic acids is 1. The Morgan fingerprint density at radius 1 is 1.06 bits per heavy atom. The highest BCUT2D eigenvalue weighted by Gasteiger charge is 2.41. The summed E-state index contributed by atoms with van der Waals surface area (Å²) in [6.45, 7) is 2.40. The summed E-state index contributed by atoms with van der Waals surface area (Å²) in [6, 6.07) is 15.4. The van der Waals surface area contributed by atoms with E-state index in [1.54, 1.807) is 0 Å². The lowest BCUT2D eigenvalue weighted by Crippen LogP contribution is -2.55. The number of carbonyl (C=O) groups is 3. The second-order valence-corrected chi connectivity index (χ2v) is 9.33. The molecule has 4 rings (SSSR count). The molecule has 1 saturated heterocycles. The van der Waals surface area contributed by atoms with Crippen LogP contribution in [0.3, 0.4) is 0 Å². The molecular weight excluding hydrogens is 448 g/mol. The Kier molecular flexibility index (Phi) is 7.40. The molecule has 0 bridgehead atoms. The normalized spacial score (nSPS) is 17.3. The smallest absolute Gasteiger partial charge is 0.407 e. The molecule has 1 atom stereocenters. The van der Waals surface area contributed by atoms with Gasteiger partial charge in [0.05, 0.1) is 0 Å². The SMILES string of the molecule is CCCCC(NC(=O)OCC1c2ccccc2-c2ccccc21)C(=O)N1CCC(O)(C(=O)O)CC1. The molecule has 186 valence electrons. The van der Waals surface area contributed by atoms with Crippen LogP contribution in [0.2, 0.25) is 0 Å². The number of carboxylic acid groups (broad SMARTS) is 1. The van der Waals surface area contributed by atoms with Gasteiger partial charge in [0, 0.05) is 31.8 Å². The molecule has 1 heterocycles. The van der Waals surface area contributed by atoms with Crippen LogP contribution in [0.4, 0.5) is 4.79 Å². The first-order valence-electron chi connectivity index (χ1n) is 12.2. The molecule has 3 N–H and O–H groups in total. The number of hydrogen-bond donors (Lipinski definition) is 3. The van der Waals surface area contributed by atoms with Crippen molar-refractivity contribution in [1.82, 2.24) is 10.2 Å². The third-order valence-corrected chi connectivity index (χ3v) is 7.08. The molecule has 1 aliphatic heterocycles. The van der Waals surface area contributed by atoms with Gasteiger partial charge in [0.15, 0.2) is 5.60 Å². The maximum Gasteiger partial charge on any atom is 0.407 e. The number of carbonyl (C=O) groups excluding carboxylic acids is 2. The van der Waals surface area contributed by atoms with Gasteiger partial charge in [-0.3, -0.25) is 4.79 Å². The van der Waals surface area contributed by atoms with Crippen molar-refractivity contribution < 1.29 is 29.3 Å². The molecule has 1 unspecified atom stereocenters. The Bertz CT molecular complexity index is 1050. The van der Waals surface area contributed by atoms with Crippen molar-refractivity contribution >= 4 is 18.0 Å². The number of fused-ring (bicyclic) bond motifs is 3. The summed E-state index contributed by atoms with van der Waals surface area (Å²) in [5.74, 6) is -1.63. The van der Waals surface area contributed by atoms with Gasteiger partial charge in [0.2, 0.25) is 5.91 Å². The summed E-state index contributed by atoms with van der Waals surface area (Å²) in [6.07, 6.45) is 1.32. The van der Waals surface area contributed by atoms with E-state index in [1.165, 1.54) is 4.90 Å². The summed E-state index contributed by atoms with van der Waals surface area (Å²) >= 11 is 0. The first-order chi connectivity index (χ1) is 16.8. The topological polar surface area (TPSA) is 116 Å². The van der Waals surface area contributed by atoms with Crippen molar-refractivity contribution in [3.8, 4) is 11.1 Å². The lowest BCUT2D eigenvalue weighted by atomic mass is 9.91. The summed E-state index contributed by atoms with van der Waals surface area (Å²) in [5, 5.41) is 22.1. The summed E-state index contributed by atoms with van der Waals surface area (Å²) in [7, 11) is 0. The van der Waals surface area contributed by atoms with Crippen molar-refractivity contribution in [2.75, 3.05) is 19.7 Å². The Morgan fingerprint density at radius 2 is 1.63 bits per heavy atom. The minimum Gasteiger partial charge on any atom is -0.479 e. The number of carboxylic acids is 1. The fourth-order valence-corrected chi connectivity index (χ4v) is 4.98. The third-order valence-electron chi connectivity index (χ3n) is 7.08. The van der Waals surface area contributed by atoms with E-state index in [-0.39, 0.29) is 44.4 Å². The van der Waals surface area contributed by atoms with E-state index in [1.807, 2.05) is 43.3 Å². The van der Waals surface area contributed by atoms with Gasteiger partial charge in [-0.15, -0.1) is 0 Å². The molecular formula is C27H32N2O6. The predicted octanol–water partition coefficient (Wildman–Crippen LogP) is 3.52. The van der Waals surface area contributed by atoms with Gasteiger partial charge >= 0.3 is 12.1 Å². The number of alkyl carbamates (subject to hydrolysis) is 1. The van der Waals surface area contributed by atoms with Crippen molar-refractivity contribution in [3.63, 3.8) is 0 Å². The maximum atomic E-state index is 13.1. The second-order valence-electron chi connectivity index (χ2n) is 9.33. The fraction of sp³-hybridized carbons (Fsp3) is 0.444. The van der Waals surface area contributed by atoms with Crippen molar-refractivity contribution in [2.24, 2.45) is 0 Å². The van der Waals surface area contributed by atoms with Crippen LogP contribution in [-0.2, 0) is 14.3 Å². The number of nitrogens with one attached hydrogen (secondary N) is 1. The molecule has 2 aromatic rings. The Morgan fingerprint density at radius 3 is 2.17 bits per heavy atom. The Hall–Kier alpha value is -3.39. The summed E-state index contributed by atoms with van der Waals surface area (Å²) in [5.41, 5.74) is 2.69. The van der Waals surface area contributed by atoms with Gasteiger partial charge in [-0.25, -0.2) is 9.59 Å². The van der Waals surface area contributed by atoms with Crippen LogP contribution in [0, 0.1) is 0 Å². The van der Waals surface area contributed by atoms with E-state index >= 15 is 0 Å². The van der Waals surface area contributed by atoms with E-state index in [2.05, 4.69) is 17.4 Å². The van der Waals surface area contributed by atoms with Crippen LogP contribution in [-0.4, -0.2) is 64.4 Å². The molecule has 2 aliphatic rings. The third kappa shape index (κ3) is 5.17. The molecule has 2 aromatic carbocycles. The number of likely N-dealkylation sites (tertiary alicyclic amines) is 1. The zero-order valence-corrected chi connectivity index (χ0v) is 19.9. The number of piperidine rings is 1. The molecule has 0 radical (unpaired) electrons. The van der Waals surface area contributed by atoms with Crippen LogP contribution in [0.15, 0.2) is 48.5 Å². The number of unbranched alkanes of at least 4 members (excludes halogenated alkanes) is 1. The quantitative estimate of drug-likeness (QED) is 0.532. The van der Waals surface area contributed by atoms with Crippen LogP contribution in [0.25, 0.3) is 11.1 Å². The average molecular weight is 481 g/mol. The minimum absolute atomic E-state index is 0.0421. The van der Waals surface area contributed by atoms with Crippen molar-refractivity contribution in [1.29, 1.82) is 0 Å². The molecule has 0 spiro atoms. The van der Waals surface area contributed by atoms with Gasteiger partial charge in [0.25, 0.3) is 0 Å². The molecule has 0 aromatic heterocycles. The molecule has 2 amide bonds. The lowest BCUT2D eigenvalue weighted by molar-refractivity contribution is -0.165. The number of ether oxygens (including phenoxy) is 1. The zero-order chi connectivity index (χ0) is 25.0. The first-order valence-corrected chi connectivity index (χ1v) is 12.2. The van der Waals surface area contributed by atoms with E-state index in [4.69, 9.17) is 4.74 Å².